The molecule has 0 bridgehead atoms. The Balaban J connectivity index is 2.60. The predicted octanol–water partition coefficient (Wildman–Crippen LogP) is 2.90. The van der Waals surface area contributed by atoms with E-state index in [0.717, 1.165) is 24.2 Å². The van der Waals surface area contributed by atoms with Gasteiger partial charge in [-0.25, -0.2) is 4.39 Å². The highest BCUT2D eigenvalue weighted by molar-refractivity contribution is 5.53. The molecule has 1 aromatic carbocycles. The van der Waals surface area contributed by atoms with Gasteiger partial charge in [0.25, 0.3) is 0 Å². The summed E-state index contributed by atoms with van der Waals surface area (Å²) < 4.78 is 25.1. The average Bonchev–Trinajstić information content (AvgIpc) is 3.17. The van der Waals surface area contributed by atoms with Crippen molar-refractivity contribution in [1.82, 2.24) is 0 Å². The van der Waals surface area contributed by atoms with E-state index < -0.39 is 5.67 Å². The van der Waals surface area contributed by atoms with Gasteiger partial charge in [-0.05, 0) is 32.8 Å². The molecule has 0 aromatic heterocycles. The standard InChI is InChI=1S/C15H22FNO2/c1-14(2,16)10-7-11(15(9-17)5-6-15)13(19-4)8-12(10)18-3/h7-8H,5-6,9,17H2,1-4H3. The van der Waals surface area contributed by atoms with Crippen LogP contribution in [0.3, 0.4) is 0 Å². The van der Waals surface area contributed by atoms with Crippen LogP contribution >= 0.6 is 0 Å². The molecule has 0 heterocycles. The number of hydrogen-bond donors (Lipinski definition) is 1. The lowest BCUT2D eigenvalue weighted by Crippen LogP contribution is -2.22. The number of ether oxygens (including phenoxy) is 2. The van der Waals surface area contributed by atoms with E-state index in [1.165, 1.54) is 13.8 Å². The zero-order valence-electron chi connectivity index (χ0n) is 12.0. The van der Waals surface area contributed by atoms with Gasteiger partial charge < -0.3 is 15.2 Å². The first kappa shape index (κ1) is 14.1. The minimum absolute atomic E-state index is 0.0440. The summed E-state index contributed by atoms with van der Waals surface area (Å²) >= 11 is 0. The second-order valence-electron chi connectivity index (χ2n) is 5.71. The Bertz CT molecular complexity index is 476. The molecular formula is C15H22FNO2. The van der Waals surface area contributed by atoms with Crippen molar-refractivity contribution in [3.8, 4) is 11.5 Å². The van der Waals surface area contributed by atoms with E-state index in [4.69, 9.17) is 15.2 Å². The minimum Gasteiger partial charge on any atom is -0.496 e. The van der Waals surface area contributed by atoms with Crippen molar-refractivity contribution in [2.24, 2.45) is 5.73 Å². The Kier molecular flexibility index (Phi) is 3.47. The van der Waals surface area contributed by atoms with Gasteiger partial charge in [-0.2, -0.15) is 0 Å². The number of alkyl halides is 1. The van der Waals surface area contributed by atoms with E-state index in [1.807, 2.05) is 6.07 Å². The van der Waals surface area contributed by atoms with Crippen LogP contribution in [0.15, 0.2) is 12.1 Å². The molecule has 0 radical (unpaired) electrons. The zero-order chi connectivity index (χ0) is 14.3. The van der Waals surface area contributed by atoms with Gasteiger partial charge in [-0.15, -0.1) is 0 Å². The molecule has 4 heteroatoms. The van der Waals surface area contributed by atoms with Crippen LogP contribution in [0.4, 0.5) is 4.39 Å². The summed E-state index contributed by atoms with van der Waals surface area (Å²) in [6.07, 6.45) is 2.05. The highest BCUT2D eigenvalue weighted by Crippen LogP contribution is 2.52. The maximum absolute atomic E-state index is 14.3. The van der Waals surface area contributed by atoms with Crippen LogP contribution in [0.25, 0.3) is 0 Å². The molecule has 3 nitrogen and oxygen atoms in total. The fraction of sp³-hybridized carbons (Fsp3) is 0.600. The molecular weight excluding hydrogens is 245 g/mol. The summed E-state index contributed by atoms with van der Waals surface area (Å²) in [6.45, 7) is 3.62. The summed E-state index contributed by atoms with van der Waals surface area (Å²) in [6, 6.07) is 3.62. The van der Waals surface area contributed by atoms with E-state index in [0.29, 0.717) is 17.9 Å². The Morgan fingerprint density at radius 2 is 1.79 bits per heavy atom. The van der Waals surface area contributed by atoms with Crippen LogP contribution in [-0.2, 0) is 11.1 Å². The Labute approximate surface area is 113 Å². The SMILES string of the molecule is COc1cc(OC)c(C2(CN)CC2)cc1C(C)(C)F. The number of hydrogen-bond acceptors (Lipinski definition) is 3. The van der Waals surface area contributed by atoms with Gasteiger partial charge in [0.05, 0.1) is 14.2 Å². The van der Waals surface area contributed by atoms with Gasteiger partial charge in [0.15, 0.2) is 0 Å². The van der Waals surface area contributed by atoms with E-state index in [1.54, 1.807) is 20.3 Å². The van der Waals surface area contributed by atoms with Gasteiger partial charge in [-0.3, -0.25) is 0 Å². The topological polar surface area (TPSA) is 44.5 Å². The summed E-state index contributed by atoms with van der Waals surface area (Å²) in [4.78, 5) is 0. The third-order valence-electron chi connectivity index (χ3n) is 3.98. The van der Waals surface area contributed by atoms with Gasteiger partial charge in [0.1, 0.15) is 17.2 Å². The van der Waals surface area contributed by atoms with Crippen LogP contribution in [0, 0.1) is 0 Å². The van der Waals surface area contributed by atoms with Crippen molar-refractivity contribution in [2.45, 2.75) is 37.8 Å². The Morgan fingerprint density at radius 1 is 1.21 bits per heavy atom. The quantitative estimate of drug-likeness (QED) is 0.892. The second kappa shape index (κ2) is 4.67. The first-order chi connectivity index (χ1) is 8.88. The van der Waals surface area contributed by atoms with Crippen LogP contribution < -0.4 is 15.2 Å². The highest BCUT2D eigenvalue weighted by Gasteiger charge is 2.45. The maximum atomic E-state index is 14.3. The summed E-state index contributed by atoms with van der Waals surface area (Å²) in [5.41, 5.74) is 5.91. The molecule has 19 heavy (non-hydrogen) atoms. The molecule has 0 aliphatic heterocycles. The van der Waals surface area contributed by atoms with E-state index in [9.17, 15) is 4.39 Å². The Hall–Kier alpha value is -1.29. The molecule has 1 saturated carbocycles. The van der Waals surface area contributed by atoms with E-state index >= 15 is 0 Å². The lowest BCUT2D eigenvalue weighted by Gasteiger charge is -2.24. The molecule has 0 saturated heterocycles. The van der Waals surface area contributed by atoms with Gasteiger partial charge >= 0.3 is 0 Å². The fourth-order valence-corrected chi connectivity index (χ4v) is 2.51. The van der Waals surface area contributed by atoms with Crippen LogP contribution in [0.1, 0.15) is 37.8 Å². The molecule has 0 atom stereocenters. The molecule has 2 rings (SSSR count). The predicted molar refractivity (Wildman–Crippen MR) is 73.6 cm³/mol. The molecule has 0 unspecified atom stereocenters. The molecule has 1 aromatic rings. The number of benzene rings is 1. The lowest BCUT2D eigenvalue weighted by atomic mass is 9.89. The van der Waals surface area contributed by atoms with Crippen LogP contribution in [-0.4, -0.2) is 20.8 Å². The van der Waals surface area contributed by atoms with Gasteiger partial charge in [-0.1, -0.05) is 0 Å². The monoisotopic (exact) mass is 267 g/mol. The first-order valence-corrected chi connectivity index (χ1v) is 6.54. The van der Waals surface area contributed by atoms with E-state index in [2.05, 4.69) is 0 Å². The zero-order valence-corrected chi connectivity index (χ0v) is 12.0. The van der Waals surface area contributed by atoms with Gasteiger partial charge in [0, 0.05) is 29.2 Å². The normalized spacial score (nSPS) is 17.2. The number of rotatable bonds is 5. The maximum Gasteiger partial charge on any atom is 0.134 e. The molecule has 1 aliphatic carbocycles. The Morgan fingerprint density at radius 3 is 2.16 bits per heavy atom. The second-order valence-corrected chi connectivity index (χ2v) is 5.71. The smallest absolute Gasteiger partial charge is 0.134 e. The van der Waals surface area contributed by atoms with Crippen molar-refractivity contribution in [3.05, 3.63) is 23.3 Å². The van der Waals surface area contributed by atoms with Crippen molar-refractivity contribution in [2.75, 3.05) is 20.8 Å². The first-order valence-electron chi connectivity index (χ1n) is 6.54. The van der Waals surface area contributed by atoms with Crippen molar-refractivity contribution >= 4 is 0 Å². The summed E-state index contributed by atoms with van der Waals surface area (Å²) in [5, 5.41) is 0. The number of halogens is 1. The largest absolute Gasteiger partial charge is 0.496 e. The lowest BCUT2D eigenvalue weighted by molar-refractivity contribution is 0.213. The molecule has 1 fully saturated rings. The fourth-order valence-electron chi connectivity index (χ4n) is 2.51. The molecule has 0 amide bonds. The van der Waals surface area contributed by atoms with Crippen molar-refractivity contribution < 1.29 is 13.9 Å². The molecule has 2 N–H and O–H groups in total. The van der Waals surface area contributed by atoms with Gasteiger partial charge in [0.2, 0.25) is 0 Å². The molecule has 106 valence electrons. The molecule has 0 spiro atoms. The van der Waals surface area contributed by atoms with Crippen molar-refractivity contribution in [3.63, 3.8) is 0 Å². The summed E-state index contributed by atoms with van der Waals surface area (Å²) in [7, 11) is 3.16. The van der Waals surface area contributed by atoms with E-state index in [-0.39, 0.29) is 5.41 Å². The highest BCUT2D eigenvalue weighted by atomic mass is 19.1. The third-order valence-corrected chi connectivity index (χ3v) is 3.98. The van der Waals surface area contributed by atoms with Crippen LogP contribution in [0.5, 0.6) is 11.5 Å². The minimum atomic E-state index is -1.46. The molecule has 1 aliphatic rings. The summed E-state index contributed by atoms with van der Waals surface area (Å²) in [5.74, 6) is 1.24. The van der Waals surface area contributed by atoms with Crippen LogP contribution in [0.2, 0.25) is 0 Å². The van der Waals surface area contributed by atoms with Crippen molar-refractivity contribution in [1.29, 1.82) is 0 Å². The third kappa shape index (κ3) is 2.41. The average molecular weight is 267 g/mol. The number of methoxy groups -OCH3 is 2. The number of nitrogens with two attached hydrogens (primary N) is 1.